The van der Waals surface area contributed by atoms with Crippen LogP contribution in [0.2, 0.25) is 0 Å². The molecule has 0 N–H and O–H groups in total. The number of thioether (sulfide) groups is 1. The fraction of sp³-hybridized carbons (Fsp3) is 0.583. The minimum atomic E-state index is -0.366. The van der Waals surface area contributed by atoms with E-state index < -0.39 is 0 Å². The average Bonchev–Trinajstić information content (AvgIpc) is 2.87. The van der Waals surface area contributed by atoms with E-state index in [0.717, 1.165) is 23.3 Å². The molecular weight excluding hydrogens is 278 g/mol. The van der Waals surface area contributed by atoms with Crippen molar-refractivity contribution >= 4 is 22.5 Å². The summed E-state index contributed by atoms with van der Waals surface area (Å²) >= 11 is 1.22. The Kier molecular flexibility index (Phi) is 4.89. The highest BCUT2D eigenvalue weighted by Crippen LogP contribution is 2.15. The molecule has 20 heavy (non-hydrogen) atoms. The molecule has 7 nitrogen and oxygen atoms in total. The number of carbonyl (C=O) groups is 1. The second kappa shape index (κ2) is 6.65. The standard InChI is InChI=1S/C12H17N5O2S/c1-3-4-5-6-7-20-11(18)9-10-14-15-16(2)12(19)17(10)8-13-9/h8H,3-7H2,1-2H3. The number of carbonyl (C=O) groups excluding carboxylic acids is 1. The van der Waals surface area contributed by atoms with Crippen molar-refractivity contribution in [2.24, 2.45) is 7.05 Å². The summed E-state index contributed by atoms with van der Waals surface area (Å²) in [5.41, 5.74) is 0.0596. The molecule has 0 aliphatic rings. The number of unbranched alkanes of at least 4 members (excludes halogenated alkanes) is 3. The third kappa shape index (κ3) is 3.06. The molecule has 0 aromatic carbocycles. The van der Waals surface area contributed by atoms with Gasteiger partial charge < -0.3 is 0 Å². The second-order valence-corrected chi connectivity index (χ2v) is 5.55. The number of hydrogen-bond acceptors (Lipinski definition) is 6. The molecule has 0 saturated carbocycles. The number of imidazole rings is 1. The monoisotopic (exact) mass is 295 g/mol. The van der Waals surface area contributed by atoms with Crippen LogP contribution in [-0.4, -0.2) is 35.2 Å². The number of fused-ring (bicyclic) bond motifs is 1. The summed E-state index contributed by atoms with van der Waals surface area (Å²) in [6.07, 6.45) is 5.80. The van der Waals surface area contributed by atoms with Gasteiger partial charge in [-0.15, -0.1) is 5.10 Å². The lowest BCUT2D eigenvalue weighted by Gasteiger charge is -1.99. The molecule has 0 unspecified atom stereocenters. The molecular formula is C12H17N5O2S. The summed E-state index contributed by atoms with van der Waals surface area (Å²) in [6.45, 7) is 2.15. The molecule has 108 valence electrons. The molecule has 2 aromatic heterocycles. The molecule has 2 rings (SSSR count). The quantitative estimate of drug-likeness (QED) is 0.747. The Balaban J connectivity index is 2.08. The predicted octanol–water partition coefficient (Wildman–Crippen LogP) is 1.28. The lowest BCUT2D eigenvalue weighted by Crippen LogP contribution is -2.27. The SMILES string of the molecule is CCCCCCSC(=O)c1ncn2c(=O)n(C)nnc12. The van der Waals surface area contributed by atoms with E-state index in [4.69, 9.17) is 0 Å². The molecule has 0 aliphatic carbocycles. The Morgan fingerprint density at radius 1 is 1.35 bits per heavy atom. The van der Waals surface area contributed by atoms with Crippen molar-refractivity contribution in [2.45, 2.75) is 32.6 Å². The first-order valence-electron chi connectivity index (χ1n) is 6.59. The van der Waals surface area contributed by atoms with Crippen LogP contribution in [-0.2, 0) is 7.05 Å². The van der Waals surface area contributed by atoms with E-state index in [2.05, 4.69) is 22.2 Å². The molecule has 0 bridgehead atoms. The molecule has 0 atom stereocenters. The average molecular weight is 295 g/mol. The molecule has 2 heterocycles. The zero-order valence-electron chi connectivity index (χ0n) is 11.6. The van der Waals surface area contributed by atoms with Gasteiger partial charge >= 0.3 is 5.69 Å². The number of aryl methyl sites for hydroxylation is 1. The molecule has 0 radical (unpaired) electrons. The second-order valence-electron chi connectivity index (χ2n) is 4.48. The first-order valence-corrected chi connectivity index (χ1v) is 7.58. The minimum absolute atomic E-state index is 0.161. The number of aromatic nitrogens is 5. The fourth-order valence-electron chi connectivity index (χ4n) is 1.79. The summed E-state index contributed by atoms with van der Waals surface area (Å²) in [4.78, 5) is 27.8. The molecule has 0 spiro atoms. The van der Waals surface area contributed by atoms with Crippen molar-refractivity contribution in [3.8, 4) is 0 Å². The van der Waals surface area contributed by atoms with Gasteiger partial charge in [-0.3, -0.25) is 4.79 Å². The normalized spacial score (nSPS) is 11.1. The van der Waals surface area contributed by atoms with Gasteiger partial charge in [-0.1, -0.05) is 43.2 Å². The van der Waals surface area contributed by atoms with E-state index in [1.165, 1.54) is 42.4 Å². The third-order valence-electron chi connectivity index (χ3n) is 2.92. The van der Waals surface area contributed by atoms with Crippen LogP contribution in [0.15, 0.2) is 11.1 Å². The molecule has 8 heteroatoms. The van der Waals surface area contributed by atoms with Crippen LogP contribution in [0.1, 0.15) is 43.1 Å². The maximum atomic E-state index is 12.1. The van der Waals surface area contributed by atoms with Gasteiger partial charge in [0.1, 0.15) is 6.33 Å². The van der Waals surface area contributed by atoms with E-state index in [9.17, 15) is 9.59 Å². The predicted molar refractivity (Wildman–Crippen MR) is 77.0 cm³/mol. The Morgan fingerprint density at radius 3 is 2.90 bits per heavy atom. The van der Waals surface area contributed by atoms with Gasteiger partial charge in [-0.25, -0.2) is 14.2 Å². The Hall–Kier alpha value is -1.70. The van der Waals surface area contributed by atoms with Crippen molar-refractivity contribution in [3.63, 3.8) is 0 Å². The van der Waals surface area contributed by atoms with Crippen molar-refractivity contribution in [1.29, 1.82) is 0 Å². The summed E-state index contributed by atoms with van der Waals surface area (Å²) in [5.74, 6) is 0.760. The Morgan fingerprint density at radius 2 is 2.15 bits per heavy atom. The van der Waals surface area contributed by atoms with Crippen LogP contribution in [0, 0.1) is 0 Å². The third-order valence-corrected chi connectivity index (χ3v) is 3.87. The number of nitrogens with zero attached hydrogens (tertiary/aromatic N) is 5. The van der Waals surface area contributed by atoms with E-state index in [0.29, 0.717) is 0 Å². The van der Waals surface area contributed by atoms with Gasteiger partial charge in [0.15, 0.2) is 11.3 Å². The van der Waals surface area contributed by atoms with Crippen LogP contribution < -0.4 is 5.69 Å². The minimum Gasteiger partial charge on any atom is -0.280 e. The highest BCUT2D eigenvalue weighted by atomic mass is 32.2. The largest absolute Gasteiger partial charge is 0.352 e. The topological polar surface area (TPSA) is 82.2 Å². The number of hydrogen-bond donors (Lipinski definition) is 0. The highest BCUT2D eigenvalue weighted by Gasteiger charge is 2.17. The van der Waals surface area contributed by atoms with Crippen molar-refractivity contribution < 1.29 is 4.79 Å². The maximum Gasteiger partial charge on any atom is 0.352 e. The zero-order chi connectivity index (χ0) is 14.5. The summed E-state index contributed by atoms with van der Waals surface area (Å²) in [7, 11) is 1.50. The maximum absolute atomic E-state index is 12.1. The first-order chi connectivity index (χ1) is 9.65. The molecule has 0 aliphatic heterocycles. The van der Waals surface area contributed by atoms with Gasteiger partial charge in [-0.05, 0) is 6.42 Å². The van der Waals surface area contributed by atoms with Gasteiger partial charge in [0.2, 0.25) is 5.12 Å². The van der Waals surface area contributed by atoms with E-state index >= 15 is 0 Å². The number of rotatable bonds is 6. The molecule has 0 saturated heterocycles. The molecule has 2 aromatic rings. The summed E-state index contributed by atoms with van der Waals surface area (Å²) in [6, 6.07) is 0. The molecule has 0 amide bonds. The highest BCUT2D eigenvalue weighted by molar-refractivity contribution is 8.14. The van der Waals surface area contributed by atoms with Crippen LogP contribution in [0.3, 0.4) is 0 Å². The van der Waals surface area contributed by atoms with E-state index in [1.807, 2.05) is 0 Å². The van der Waals surface area contributed by atoms with Crippen LogP contribution in [0.25, 0.3) is 5.65 Å². The van der Waals surface area contributed by atoms with Crippen molar-refractivity contribution in [3.05, 3.63) is 22.5 Å². The van der Waals surface area contributed by atoms with Gasteiger partial charge in [0.05, 0.1) is 0 Å². The van der Waals surface area contributed by atoms with Crippen LogP contribution in [0.5, 0.6) is 0 Å². The smallest absolute Gasteiger partial charge is 0.280 e. The fourth-order valence-corrected chi connectivity index (χ4v) is 2.60. The van der Waals surface area contributed by atoms with E-state index in [-0.39, 0.29) is 22.1 Å². The Bertz CT molecular complexity index is 663. The zero-order valence-corrected chi connectivity index (χ0v) is 12.4. The molecule has 0 fully saturated rings. The van der Waals surface area contributed by atoms with Gasteiger partial charge in [0.25, 0.3) is 0 Å². The Labute approximate surface area is 120 Å². The van der Waals surface area contributed by atoms with Crippen molar-refractivity contribution in [2.75, 3.05) is 5.75 Å². The first kappa shape index (κ1) is 14.7. The lowest BCUT2D eigenvalue weighted by molar-refractivity contribution is 0.108. The van der Waals surface area contributed by atoms with Crippen molar-refractivity contribution in [1.82, 2.24) is 24.4 Å². The summed E-state index contributed by atoms with van der Waals surface area (Å²) < 4.78 is 2.33. The van der Waals surface area contributed by atoms with Gasteiger partial charge in [0, 0.05) is 12.8 Å². The lowest BCUT2D eigenvalue weighted by atomic mass is 10.2. The van der Waals surface area contributed by atoms with Gasteiger partial charge in [-0.2, -0.15) is 4.68 Å². The van der Waals surface area contributed by atoms with Crippen LogP contribution in [0.4, 0.5) is 0 Å². The van der Waals surface area contributed by atoms with E-state index in [1.54, 1.807) is 0 Å². The van der Waals surface area contributed by atoms with Crippen LogP contribution >= 0.6 is 11.8 Å². The summed E-state index contributed by atoms with van der Waals surface area (Å²) in [5, 5.41) is 7.37.